The summed E-state index contributed by atoms with van der Waals surface area (Å²) in [6.07, 6.45) is 2.13. The zero-order valence-electron chi connectivity index (χ0n) is 19.1. The Morgan fingerprint density at radius 1 is 1.27 bits per heavy atom. The zero-order chi connectivity index (χ0) is 23.5. The minimum Gasteiger partial charge on any atom is -0.493 e. The Morgan fingerprint density at radius 3 is 2.73 bits per heavy atom. The molecule has 2 aromatic rings. The number of hydrogen-bond donors (Lipinski definition) is 2. The van der Waals surface area contributed by atoms with E-state index in [1.54, 1.807) is 25.0 Å². The van der Waals surface area contributed by atoms with Crippen molar-refractivity contribution in [3.05, 3.63) is 53.1 Å². The predicted molar refractivity (Wildman–Crippen MR) is 124 cm³/mol. The quantitative estimate of drug-likeness (QED) is 0.335. The summed E-state index contributed by atoms with van der Waals surface area (Å²) in [6.45, 7) is 4.47. The molecule has 2 amide bonds. The second-order valence-corrected chi connectivity index (χ2v) is 8.43. The fourth-order valence-electron chi connectivity index (χ4n) is 4.22. The highest BCUT2D eigenvalue weighted by Gasteiger charge is 2.37. The molecular weight excluding hydrogens is 422 g/mol. The third kappa shape index (κ3) is 4.65. The van der Waals surface area contributed by atoms with Crippen LogP contribution in [0.4, 0.5) is 5.69 Å². The van der Waals surface area contributed by atoms with Crippen LogP contribution in [0.25, 0.3) is 0 Å². The highest BCUT2D eigenvalue weighted by atomic mass is 16.5. The number of anilines is 1. The molecule has 4 rings (SSSR count). The van der Waals surface area contributed by atoms with E-state index in [9.17, 15) is 14.8 Å². The van der Waals surface area contributed by atoms with Gasteiger partial charge in [-0.15, -0.1) is 0 Å². The van der Waals surface area contributed by atoms with E-state index in [1.165, 1.54) is 0 Å². The molecule has 0 saturated heterocycles. The summed E-state index contributed by atoms with van der Waals surface area (Å²) in [7, 11) is 1.58. The second-order valence-electron chi connectivity index (χ2n) is 8.43. The van der Waals surface area contributed by atoms with Crippen LogP contribution < -0.4 is 14.8 Å². The number of amides is 2. The van der Waals surface area contributed by atoms with Crippen molar-refractivity contribution in [2.75, 3.05) is 19.0 Å². The van der Waals surface area contributed by atoms with Gasteiger partial charge in [0.2, 0.25) is 5.91 Å². The van der Waals surface area contributed by atoms with E-state index < -0.39 is 6.04 Å². The fraction of sp³-hybridized carbons (Fsp3) is 0.400. The Morgan fingerprint density at radius 2 is 2.06 bits per heavy atom. The molecule has 1 atom stereocenters. The summed E-state index contributed by atoms with van der Waals surface area (Å²) < 4.78 is 11.1. The molecule has 2 aliphatic rings. The van der Waals surface area contributed by atoms with E-state index in [4.69, 9.17) is 9.47 Å². The van der Waals surface area contributed by atoms with Gasteiger partial charge in [0.05, 0.1) is 36.7 Å². The van der Waals surface area contributed by atoms with Crippen molar-refractivity contribution >= 4 is 23.2 Å². The number of nitrogens with one attached hydrogen (secondary N) is 1. The van der Waals surface area contributed by atoms with Crippen LogP contribution in [0, 0.1) is 5.92 Å². The monoisotopic (exact) mass is 451 g/mol. The summed E-state index contributed by atoms with van der Waals surface area (Å²) >= 11 is 0. The van der Waals surface area contributed by atoms with Crippen LogP contribution in [0.2, 0.25) is 0 Å². The Bertz CT molecular complexity index is 1090. The molecule has 0 radical (unpaired) electrons. The molecule has 8 nitrogen and oxygen atoms in total. The molecule has 1 heterocycles. The summed E-state index contributed by atoms with van der Waals surface area (Å²) in [4.78, 5) is 27.7. The Labute approximate surface area is 193 Å². The lowest BCUT2D eigenvalue weighted by Gasteiger charge is -2.29. The number of fused-ring (bicyclic) bond motifs is 1. The maximum atomic E-state index is 13.6. The van der Waals surface area contributed by atoms with Gasteiger partial charge in [0, 0.05) is 18.9 Å². The van der Waals surface area contributed by atoms with Crippen LogP contribution in [0.5, 0.6) is 11.5 Å². The normalized spacial score (nSPS) is 16.4. The zero-order valence-corrected chi connectivity index (χ0v) is 19.1. The third-order valence-corrected chi connectivity index (χ3v) is 6.08. The van der Waals surface area contributed by atoms with Crippen molar-refractivity contribution in [1.82, 2.24) is 4.90 Å². The van der Waals surface area contributed by atoms with Crippen molar-refractivity contribution in [1.29, 1.82) is 0 Å². The summed E-state index contributed by atoms with van der Waals surface area (Å²) in [5.41, 5.74) is 3.27. The van der Waals surface area contributed by atoms with Crippen molar-refractivity contribution < 1.29 is 24.3 Å². The highest BCUT2D eigenvalue weighted by Crippen LogP contribution is 2.40. The van der Waals surface area contributed by atoms with E-state index in [0.29, 0.717) is 48.0 Å². The van der Waals surface area contributed by atoms with Gasteiger partial charge in [-0.25, -0.2) is 0 Å². The molecular formula is C25H29N3O5. The van der Waals surface area contributed by atoms with Crippen LogP contribution in [-0.4, -0.2) is 41.3 Å². The van der Waals surface area contributed by atoms with Gasteiger partial charge in [0.1, 0.15) is 0 Å². The number of nitrogens with zero attached hydrogens (tertiary/aromatic N) is 2. The molecule has 2 N–H and O–H groups in total. The second kappa shape index (κ2) is 9.52. The van der Waals surface area contributed by atoms with Crippen LogP contribution in [0.3, 0.4) is 0 Å². The minimum atomic E-state index is -0.391. The van der Waals surface area contributed by atoms with Gasteiger partial charge in [0.25, 0.3) is 5.91 Å². The average Bonchev–Trinajstić information content (AvgIpc) is 3.62. The minimum absolute atomic E-state index is 0.0361. The van der Waals surface area contributed by atoms with Gasteiger partial charge in [-0.05, 0) is 56.0 Å². The molecule has 1 fully saturated rings. The lowest BCUT2D eigenvalue weighted by Crippen LogP contribution is -2.31. The van der Waals surface area contributed by atoms with Crippen LogP contribution >= 0.6 is 0 Å². The van der Waals surface area contributed by atoms with Crippen molar-refractivity contribution in [3.63, 3.8) is 0 Å². The van der Waals surface area contributed by atoms with Crippen molar-refractivity contribution in [3.8, 4) is 11.5 Å². The molecule has 0 unspecified atom stereocenters. The summed E-state index contributed by atoms with van der Waals surface area (Å²) in [5, 5.41) is 15.6. The van der Waals surface area contributed by atoms with Crippen LogP contribution in [0.15, 0.2) is 41.6 Å². The number of rotatable bonds is 9. The molecule has 1 saturated carbocycles. The lowest BCUT2D eigenvalue weighted by molar-refractivity contribution is -0.117. The van der Waals surface area contributed by atoms with Crippen LogP contribution in [-0.2, 0) is 11.3 Å². The van der Waals surface area contributed by atoms with Gasteiger partial charge in [-0.2, -0.15) is 0 Å². The Kier molecular flexibility index (Phi) is 6.53. The molecule has 0 aromatic heterocycles. The Balaban J connectivity index is 1.69. The van der Waals surface area contributed by atoms with Gasteiger partial charge in [0.15, 0.2) is 11.5 Å². The lowest BCUT2D eigenvalue weighted by atomic mass is 9.99. The maximum absolute atomic E-state index is 13.6. The number of oxime groups is 1. The first-order chi connectivity index (χ1) is 16.0. The molecule has 33 heavy (non-hydrogen) atoms. The number of carbonyl (C=O) groups is 2. The SMILES string of the molecule is CCOc1cc([C@@H](CC(C)=NO)N2Cc3cccc(NC(=O)C4CC4)c3C2=O)ccc1OC. The molecule has 0 spiro atoms. The number of benzene rings is 2. The molecule has 2 aromatic carbocycles. The fourth-order valence-corrected chi connectivity index (χ4v) is 4.22. The molecule has 0 bridgehead atoms. The molecule has 1 aliphatic carbocycles. The molecule has 8 heteroatoms. The average molecular weight is 452 g/mol. The molecule has 1 aliphatic heterocycles. The number of carbonyl (C=O) groups excluding carboxylic acids is 2. The predicted octanol–water partition coefficient (Wildman–Crippen LogP) is 4.38. The largest absolute Gasteiger partial charge is 0.493 e. The van der Waals surface area contributed by atoms with Crippen molar-refractivity contribution in [2.24, 2.45) is 11.1 Å². The van der Waals surface area contributed by atoms with Gasteiger partial charge in [-0.1, -0.05) is 23.4 Å². The molecule has 174 valence electrons. The topological polar surface area (TPSA) is 100 Å². The Hall–Kier alpha value is -3.55. The first-order valence-electron chi connectivity index (χ1n) is 11.2. The van der Waals surface area contributed by atoms with Gasteiger partial charge in [-0.3, -0.25) is 9.59 Å². The van der Waals surface area contributed by atoms with Crippen LogP contribution in [0.1, 0.15) is 60.6 Å². The first-order valence-corrected chi connectivity index (χ1v) is 11.2. The number of hydrogen-bond acceptors (Lipinski definition) is 6. The first kappa shape index (κ1) is 22.6. The summed E-state index contributed by atoms with van der Waals surface area (Å²) in [6, 6.07) is 10.7. The maximum Gasteiger partial charge on any atom is 0.257 e. The van der Waals surface area contributed by atoms with Gasteiger partial charge >= 0.3 is 0 Å². The number of methoxy groups -OCH3 is 1. The standard InChI is InChI=1S/C25H29N3O5/c1-4-33-22-13-17(10-11-21(22)32-3)20(12-15(2)27-31)28-14-18-6-5-7-19(23(18)25(28)30)26-24(29)16-8-9-16/h5-7,10-11,13,16,20,31H,4,8-9,12,14H2,1-3H3,(H,26,29)/t20-/m1/s1. The van der Waals surface area contributed by atoms with Crippen molar-refractivity contribution in [2.45, 2.75) is 45.7 Å². The smallest absolute Gasteiger partial charge is 0.257 e. The number of ether oxygens (including phenoxy) is 2. The van der Waals surface area contributed by atoms with E-state index in [-0.39, 0.29) is 17.7 Å². The van der Waals surface area contributed by atoms with E-state index in [2.05, 4.69) is 10.5 Å². The van der Waals surface area contributed by atoms with E-state index in [0.717, 1.165) is 24.0 Å². The third-order valence-electron chi connectivity index (χ3n) is 6.08. The van der Waals surface area contributed by atoms with Gasteiger partial charge < -0.3 is 24.9 Å². The van der Waals surface area contributed by atoms with E-state index in [1.807, 2.05) is 37.3 Å². The summed E-state index contributed by atoms with van der Waals surface area (Å²) in [5.74, 6) is 1.03. The highest BCUT2D eigenvalue weighted by molar-refractivity contribution is 6.07. The van der Waals surface area contributed by atoms with E-state index >= 15 is 0 Å².